The number of para-hydroxylation sites is 1. The molecule has 3 aromatic heterocycles. The molecule has 5 heteroatoms. The summed E-state index contributed by atoms with van der Waals surface area (Å²) >= 11 is 0. The molecule has 0 unspecified atom stereocenters. The van der Waals surface area contributed by atoms with E-state index in [1.165, 1.54) is 59.8 Å². The molecule has 0 aliphatic heterocycles. The van der Waals surface area contributed by atoms with E-state index in [9.17, 15) is 0 Å². The van der Waals surface area contributed by atoms with Crippen LogP contribution in [0.4, 0.5) is 0 Å². The minimum absolute atomic E-state index is 0.637. The van der Waals surface area contributed by atoms with Gasteiger partial charge in [0, 0.05) is 49.0 Å². The molecule has 0 saturated carbocycles. The first kappa shape index (κ1) is 34.5. The first-order valence-electron chi connectivity index (χ1n) is 21.0. The lowest BCUT2D eigenvalue weighted by Gasteiger charge is -2.14. The molecule has 0 fully saturated rings. The summed E-state index contributed by atoms with van der Waals surface area (Å²) in [6.07, 6.45) is 0. The molecule has 0 saturated heterocycles. The van der Waals surface area contributed by atoms with Gasteiger partial charge >= 0.3 is 0 Å². The van der Waals surface area contributed by atoms with Gasteiger partial charge in [-0.3, -0.25) is 0 Å². The standard InChI is InChI=1S/C57H35N5/c1-3-17-38(18-4-1)55-58-56(39-19-5-2-6-20-39)60-57(59-55)41-29-31-43-40(33-41)22-14-28-49(43)61-50-26-12-11-25-45(50)46-34-47-53(35-52(46)61)62(48-27-13-21-36-15-7-9-23-42(36)48)51-32-30-37-16-8-10-24-44(37)54(47)51/h1-35H. The van der Waals surface area contributed by atoms with E-state index >= 15 is 0 Å². The predicted molar refractivity (Wildman–Crippen MR) is 257 cm³/mol. The van der Waals surface area contributed by atoms with Crippen LogP contribution in [0, 0.1) is 0 Å². The molecule has 62 heavy (non-hydrogen) atoms. The maximum Gasteiger partial charge on any atom is 0.164 e. The lowest BCUT2D eigenvalue weighted by molar-refractivity contribution is 1.07. The van der Waals surface area contributed by atoms with Crippen molar-refractivity contribution in [3.8, 4) is 45.5 Å². The Balaban J connectivity index is 1.06. The van der Waals surface area contributed by atoms with Gasteiger partial charge in [-0.2, -0.15) is 0 Å². The summed E-state index contributed by atoms with van der Waals surface area (Å²) in [5.41, 5.74) is 9.80. The van der Waals surface area contributed by atoms with Gasteiger partial charge < -0.3 is 9.13 Å². The maximum absolute atomic E-state index is 5.05. The highest BCUT2D eigenvalue weighted by molar-refractivity contribution is 6.26. The van der Waals surface area contributed by atoms with E-state index in [4.69, 9.17) is 15.0 Å². The third-order valence-corrected chi connectivity index (χ3v) is 12.5. The van der Waals surface area contributed by atoms with Crippen LogP contribution in [0.1, 0.15) is 0 Å². The largest absolute Gasteiger partial charge is 0.309 e. The minimum Gasteiger partial charge on any atom is -0.309 e. The quantitative estimate of drug-likeness (QED) is 0.174. The van der Waals surface area contributed by atoms with E-state index in [0.717, 1.165) is 44.2 Å². The van der Waals surface area contributed by atoms with Gasteiger partial charge in [0.05, 0.1) is 33.4 Å². The highest BCUT2D eigenvalue weighted by Crippen LogP contribution is 2.43. The van der Waals surface area contributed by atoms with Gasteiger partial charge in [0.25, 0.3) is 0 Å². The van der Waals surface area contributed by atoms with Crippen LogP contribution >= 0.6 is 0 Å². The van der Waals surface area contributed by atoms with Gasteiger partial charge in [-0.25, -0.2) is 15.0 Å². The SMILES string of the molecule is c1ccc(-c2nc(-c3ccccc3)nc(-c3ccc4c(-n5c6ccccc6c6cc7c8c9ccccc9ccc8n(-c8cccc9ccccc89)c7cc65)cccc4c3)n2)cc1. The average molecular weight is 790 g/mol. The maximum atomic E-state index is 5.05. The van der Waals surface area contributed by atoms with Crippen molar-refractivity contribution < 1.29 is 0 Å². The second kappa shape index (κ2) is 13.6. The van der Waals surface area contributed by atoms with Crippen LogP contribution in [-0.2, 0) is 0 Å². The van der Waals surface area contributed by atoms with Gasteiger partial charge in [-0.1, -0.05) is 170 Å². The summed E-state index contributed by atoms with van der Waals surface area (Å²) in [7, 11) is 0. The Hall–Kier alpha value is -8.41. The number of aromatic nitrogens is 5. The smallest absolute Gasteiger partial charge is 0.164 e. The number of fused-ring (bicyclic) bond motifs is 10. The first-order chi connectivity index (χ1) is 30.7. The molecule has 0 aliphatic rings. The third kappa shape index (κ3) is 5.25. The molecule has 288 valence electrons. The van der Waals surface area contributed by atoms with Crippen molar-refractivity contribution in [2.24, 2.45) is 0 Å². The monoisotopic (exact) mass is 789 g/mol. The molecular formula is C57H35N5. The minimum atomic E-state index is 0.637. The molecule has 0 radical (unpaired) electrons. The second-order valence-corrected chi connectivity index (χ2v) is 16.0. The zero-order valence-corrected chi connectivity index (χ0v) is 33.4. The van der Waals surface area contributed by atoms with E-state index in [0.29, 0.717) is 17.5 Å². The number of hydrogen-bond acceptors (Lipinski definition) is 3. The van der Waals surface area contributed by atoms with E-state index in [-0.39, 0.29) is 0 Å². The molecule has 3 heterocycles. The molecule has 0 N–H and O–H groups in total. The zero-order chi connectivity index (χ0) is 40.7. The van der Waals surface area contributed by atoms with E-state index in [1.807, 2.05) is 60.7 Å². The van der Waals surface area contributed by atoms with Crippen molar-refractivity contribution in [2.45, 2.75) is 0 Å². The normalized spacial score (nSPS) is 11.9. The molecule has 5 nitrogen and oxygen atoms in total. The Morgan fingerprint density at radius 1 is 0.258 bits per heavy atom. The van der Waals surface area contributed by atoms with Gasteiger partial charge in [0.1, 0.15) is 0 Å². The van der Waals surface area contributed by atoms with E-state index < -0.39 is 0 Å². The molecule has 0 atom stereocenters. The van der Waals surface area contributed by atoms with Crippen LogP contribution in [0.25, 0.3) is 121 Å². The summed E-state index contributed by atoms with van der Waals surface area (Å²) < 4.78 is 4.94. The molecule has 10 aromatic carbocycles. The molecule has 0 aliphatic carbocycles. The number of nitrogens with zero attached hydrogens (tertiary/aromatic N) is 5. The van der Waals surface area contributed by atoms with Gasteiger partial charge in [-0.05, 0) is 64.0 Å². The van der Waals surface area contributed by atoms with Crippen LogP contribution in [0.2, 0.25) is 0 Å². The topological polar surface area (TPSA) is 48.5 Å². The van der Waals surface area contributed by atoms with Gasteiger partial charge in [0.15, 0.2) is 17.5 Å². The highest BCUT2D eigenvalue weighted by Gasteiger charge is 2.22. The van der Waals surface area contributed by atoms with Crippen molar-refractivity contribution in [2.75, 3.05) is 0 Å². The van der Waals surface area contributed by atoms with Crippen molar-refractivity contribution in [1.29, 1.82) is 0 Å². The number of benzene rings is 10. The van der Waals surface area contributed by atoms with Crippen molar-refractivity contribution >= 4 is 75.9 Å². The lowest BCUT2D eigenvalue weighted by atomic mass is 10.0. The Kier molecular flexibility index (Phi) is 7.54. The van der Waals surface area contributed by atoms with Crippen LogP contribution < -0.4 is 0 Å². The third-order valence-electron chi connectivity index (χ3n) is 12.5. The lowest BCUT2D eigenvalue weighted by Crippen LogP contribution is -2.00. The van der Waals surface area contributed by atoms with Crippen molar-refractivity contribution in [3.05, 3.63) is 212 Å². The summed E-state index contributed by atoms with van der Waals surface area (Å²) in [5.74, 6) is 1.93. The second-order valence-electron chi connectivity index (χ2n) is 16.0. The summed E-state index contributed by atoms with van der Waals surface area (Å²) in [6.45, 7) is 0. The Bertz CT molecular complexity index is 3860. The molecule has 0 spiro atoms. The first-order valence-corrected chi connectivity index (χ1v) is 21.0. The molecule has 13 aromatic rings. The van der Waals surface area contributed by atoms with E-state index in [2.05, 4.69) is 161 Å². The van der Waals surface area contributed by atoms with Crippen LogP contribution in [-0.4, -0.2) is 24.1 Å². The summed E-state index contributed by atoms with van der Waals surface area (Å²) in [4.78, 5) is 15.0. The highest BCUT2D eigenvalue weighted by atomic mass is 15.0. The molecule has 0 amide bonds. The molecule has 0 bridgehead atoms. The van der Waals surface area contributed by atoms with E-state index in [1.54, 1.807) is 0 Å². The fourth-order valence-electron chi connectivity index (χ4n) is 9.71. The fraction of sp³-hybridized carbons (Fsp3) is 0. The summed E-state index contributed by atoms with van der Waals surface area (Å²) in [6, 6.07) is 75.8. The van der Waals surface area contributed by atoms with Crippen LogP contribution in [0.15, 0.2) is 212 Å². The van der Waals surface area contributed by atoms with Crippen LogP contribution in [0.3, 0.4) is 0 Å². The number of rotatable bonds is 5. The Labute approximate surface area is 356 Å². The number of hydrogen-bond donors (Lipinski definition) is 0. The van der Waals surface area contributed by atoms with Crippen LogP contribution in [0.5, 0.6) is 0 Å². The van der Waals surface area contributed by atoms with Gasteiger partial charge in [0.2, 0.25) is 0 Å². The van der Waals surface area contributed by atoms with Gasteiger partial charge in [-0.15, -0.1) is 0 Å². The zero-order valence-electron chi connectivity index (χ0n) is 33.4. The Morgan fingerprint density at radius 2 is 0.774 bits per heavy atom. The predicted octanol–water partition coefficient (Wildman–Crippen LogP) is 14.5. The molecular weight excluding hydrogens is 755 g/mol. The van der Waals surface area contributed by atoms with Crippen molar-refractivity contribution in [1.82, 2.24) is 24.1 Å². The summed E-state index contributed by atoms with van der Waals surface area (Å²) in [5, 5.41) is 12.1. The Morgan fingerprint density at radius 3 is 1.48 bits per heavy atom. The molecule has 13 rings (SSSR count). The average Bonchev–Trinajstić information content (AvgIpc) is 3.85. The fourth-order valence-corrected chi connectivity index (χ4v) is 9.71. The van der Waals surface area contributed by atoms with Crippen molar-refractivity contribution in [3.63, 3.8) is 0 Å².